The highest BCUT2D eigenvalue weighted by molar-refractivity contribution is 5.68. The van der Waals surface area contributed by atoms with Crippen LogP contribution < -0.4 is 0 Å². The van der Waals surface area contributed by atoms with E-state index in [9.17, 15) is 14.9 Å². The molecule has 0 bridgehead atoms. The Morgan fingerprint density at radius 3 is 2.67 bits per heavy atom. The summed E-state index contributed by atoms with van der Waals surface area (Å²) in [6.07, 6.45) is -0.908. The average molecular weight is 208 g/mol. The Morgan fingerprint density at radius 2 is 2.07 bits per heavy atom. The molecular weight excluding hydrogens is 200 g/mol. The van der Waals surface area contributed by atoms with Crippen molar-refractivity contribution in [2.45, 2.75) is 6.04 Å². The highest BCUT2D eigenvalue weighted by atomic mass is 16.7. The molecule has 0 spiro atoms. The zero-order chi connectivity index (χ0) is 10.8. The molecule has 0 aliphatic carbocycles. The Labute approximate surface area is 85.2 Å². The fourth-order valence-corrected chi connectivity index (χ4v) is 1.51. The molecule has 15 heavy (non-hydrogen) atoms. The van der Waals surface area contributed by atoms with E-state index >= 15 is 0 Å². The minimum atomic E-state index is -0.908. The Balaban J connectivity index is 2.30. The van der Waals surface area contributed by atoms with Crippen LogP contribution in [0.5, 0.6) is 0 Å². The van der Waals surface area contributed by atoms with Gasteiger partial charge in [-0.1, -0.05) is 30.3 Å². The lowest BCUT2D eigenvalue weighted by atomic mass is 10.1. The number of cyclic esters (lactones) is 1. The predicted molar refractivity (Wildman–Crippen MR) is 49.4 cm³/mol. The average Bonchev–Trinajstić information content (AvgIpc) is 2.61. The second-order valence-corrected chi connectivity index (χ2v) is 3.09. The van der Waals surface area contributed by atoms with Crippen molar-refractivity contribution in [1.82, 2.24) is 5.01 Å². The van der Waals surface area contributed by atoms with E-state index in [1.807, 2.05) is 0 Å². The number of hydrazine groups is 1. The smallest absolute Gasteiger partial charge is 0.443 e. The van der Waals surface area contributed by atoms with Crippen LogP contribution in [0.4, 0.5) is 4.79 Å². The van der Waals surface area contributed by atoms with Crippen LogP contribution in [0.15, 0.2) is 30.3 Å². The third-order valence-corrected chi connectivity index (χ3v) is 2.21. The van der Waals surface area contributed by atoms with Gasteiger partial charge < -0.3 is 4.74 Å². The van der Waals surface area contributed by atoms with Gasteiger partial charge in [-0.3, -0.25) is 0 Å². The molecule has 1 aromatic carbocycles. The molecule has 1 aliphatic heterocycles. The number of hydrogen-bond acceptors (Lipinski definition) is 4. The number of nitrogens with zero attached hydrogens (tertiary/aromatic N) is 2. The van der Waals surface area contributed by atoms with Crippen molar-refractivity contribution in [1.29, 1.82) is 0 Å². The van der Waals surface area contributed by atoms with Gasteiger partial charge >= 0.3 is 6.09 Å². The fourth-order valence-electron chi connectivity index (χ4n) is 1.51. The summed E-state index contributed by atoms with van der Waals surface area (Å²) in [7, 11) is 0. The van der Waals surface area contributed by atoms with Crippen LogP contribution in [-0.4, -0.2) is 22.7 Å². The Kier molecular flexibility index (Phi) is 2.24. The summed E-state index contributed by atoms with van der Waals surface area (Å²) in [5.74, 6) is 0. The lowest BCUT2D eigenvalue weighted by Crippen LogP contribution is -2.33. The number of nitro groups is 1. The van der Waals surface area contributed by atoms with Gasteiger partial charge in [-0.2, -0.15) is 0 Å². The van der Waals surface area contributed by atoms with E-state index < -0.39 is 17.2 Å². The van der Waals surface area contributed by atoms with Gasteiger partial charge in [0.15, 0.2) is 11.1 Å². The van der Waals surface area contributed by atoms with Crippen molar-refractivity contribution < 1.29 is 14.6 Å². The summed E-state index contributed by atoms with van der Waals surface area (Å²) >= 11 is 0. The minimum Gasteiger partial charge on any atom is -0.443 e. The van der Waals surface area contributed by atoms with Crippen LogP contribution in [0.25, 0.3) is 0 Å². The largest absolute Gasteiger partial charge is 0.469 e. The summed E-state index contributed by atoms with van der Waals surface area (Å²) in [5, 5.41) is 10.4. The highest BCUT2D eigenvalue weighted by Gasteiger charge is 2.43. The zero-order valence-corrected chi connectivity index (χ0v) is 7.70. The number of ether oxygens (including phenoxy) is 1. The number of hydrogen-bond donors (Lipinski definition) is 0. The molecule has 1 aliphatic rings. The molecule has 0 radical (unpaired) electrons. The fraction of sp³-hybridized carbons (Fsp3) is 0.222. The first kappa shape index (κ1) is 9.45. The number of carbonyl (C=O) groups is 1. The van der Waals surface area contributed by atoms with Gasteiger partial charge in [0.25, 0.3) is 0 Å². The molecule has 1 heterocycles. The molecule has 6 heteroatoms. The van der Waals surface area contributed by atoms with Crippen LogP contribution in [0.3, 0.4) is 0 Å². The van der Waals surface area contributed by atoms with Gasteiger partial charge in [-0.05, 0) is 10.6 Å². The molecule has 1 saturated heterocycles. The van der Waals surface area contributed by atoms with Gasteiger partial charge in [-0.25, -0.2) is 14.9 Å². The molecule has 1 atom stereocenters. The topological polar surface area (TPSA) is 72.7 Å². The first-order valence-electron chi connectivity index (χ1n) is 4.35. The SMILES string of the molecule is O=C1OC[C@H](c2ccccc2)N1[N+](=O)[O-]. The Bertz CT molecular complexity index is 392. The monoisotopic (exact) mass is 208 g/mol. The van der Waals surface area contributed by atoms with Crippen molar-refractivity contribution in [2.75, 3.05) is 6.61 Å². The molecular formula is C9H8N2O4. The highest BCUT2D eigenvalue weighted by Crippen LogP contribution is 2.26. The van der Waals surface area contributed by atoms with Crippen LogP contribution in [0, 0.1) is 10.1 Å². The molecule has 1 aromatic rings. The van der Waals surface area contributed by atoms with Crippen molar-refractivity contribution in [3.05, 3.63) is 46.0 Å². The second kappa shape index (κ2) is 3.56. The van der Waals surface area contributed by atoms with Crippen LogP contribution >= 0.6 is 0 Å². The third kappa shape index (κ3) is 1.61. The second-order valence-electron chi connectivity index (χ2n) is 3.09. The van der Waals surface area contributed by atoms with E-state index in [1.165, 1.54) is 0 Å². The van der Waals surface area contributed by atoms with Crippen molar-refractivity contribution >= 4 is 6.09 Å². The normalized spacial score (nSPS) is 20.1. The molecule has 0 unspecified atom stereocenters. The molecule has 1 amide bonds. The lowest BCUT2D eigenvalue weighted by molar-refractivity contribution is -0.639. The first-order valence-corrected chi connectivity index (χ1v) is 4.35. The van der Waals surface area contributed by atoms with E-state index in [4.69, 9.17) is 0 Å². The Morgan fingerprint density at radius 1 is 1.40 bits per heavy atom. The van der Waals surface area contributed by atoms with Crippen molar-refractivity contribution in [3.63, 3.8) is 0 Å². The zero-order valence-electron chi connectivity index (χ0n) is 7.70. The van der Waals surface area contributed by atoms with E-state index in [1.54, 1.807) is 30.3 Å². The maximum Gasteiger partial charge on any atom is 0.469 e. The number of carbonyl (C=O) groups excluding carboxylic acids is 1. The first-order chi connectivity index (χ1) is 7.20. The number of amides is 1. The molecule has 1 fully saturated rings. The quantitative estimate of drug-likeness (QED) is 0.543. The van der Waals surface area contributed by atoms with Gasteiger partial charge in [0.2, 0.25) is 0 Å². The van der Waals surface area contributed by atoms with E-state index in [2.05, 4.69) is 4.74 Å². The summed E-state index contributed by atoms with van der Waals surface area (Å²) < 4.78 is 4.64. The number of benzene rings is 1. The molecule has 78 valence electrons. The van der Waals surface area contributed by atoms with Gasteiger partial charge in [0.05, 0.1) is 0 Å². The van der Waals surface area contributed by atoms with Gasteiger partial charge in [0, 0.05) is 0 Å². The molecule has 0 saturated carbocycles. The molecule has 6 nitrogen and oxygen atoms in total. The summed E-state index contributed by atoms with van der Waals surface area (Å²) in [6.45, 7) is 0.0177. The van der Waals surface area contributed by atoms with Gasteiger partial charge in [-0.15, -0.1) is 0 Å². The van der Waals surface area contributed by atoms with Crippen LogP contribution in [-0.2, 0) is 4.74 Å². The standard InChI is InChI=1S/C9H8N2O4/c12-9-10(11(13)14)8(6-15-9)7-4-2-1-3-5-7/h1-5,8H,6H2/t8-/m1/s1. The van der Waals surface area contributed by atoms with Crippen molar-refractivity contribution in [2.24, 2.45) is 0 Å². The predicted octanol–water partition coefficient (Wildman–Crippen LogP) is 1.37. The molecule has 0 aromatic heterocycles. The van der Waals surface area contributed by atoms with Crippen LogP contribution in [0.2, 0.25) is 0 Å². The van der Waals surface area contributed by atoms with E-state index in [-0.39, 0.29) is 6.61 Å². The van der Waals surface area contributed by atoms with E-state index in [0.29, 0.717) is 10.6 Å². The maximum absolute atomic E-state index is 11.1. The number of rotatable bonds is 2. The minimum absolute atomic E-state index is 0.0177. The Hall–Kier alpha value is -2.11. The lowest BCUT2D eigenvalue weighted by Gasteiger charge is -2.10. The van der Waals surface area contributed by atoms with E-state index in [0.717, 1.165) is 0 Å². The summed E-state index contributed by atoms with van der Waals surface area (Å²) in [5.41, 5.74) is 0.694. The van der Waals surface area contributed by atoms with Gasteiger partial charge in [0.1, 0.15) is 6.61 Å². The third-order valence-electron chi connectivity index (χ3n) is 2.21. The molecule has 2 rings (SSSR count). The summed E-state index contributed by atoms with van der Waals surface area (Å²) in [6, 6.07) is 8.14. The summed E-state index contributed by atoms with van der Waals surface area (Å²) in [4.78, 5) is 21.7. The van der Waals surface area contributed by atoms with Crippen LogP contribution in [0.1, 0.15) is 11.6 Å². The molecule has 0 N–H and O–H groups in total. The maximum atomic E-state index is 11.1. The van der Waals surface area contributed by atoms with Crippen molar-refractivity contribution in [3.8, 4) is 0 Å².